The maximum absolute atomic E-state index is 12.2. The van der Waals surface area contributed by atoms with Crippen molar-refractivity contribution in [2.75, 3.05) is 0 Å². The summed E-state index contributed by atoms with van der Waals surface area (Å²) in [4.78, 5) is 24.1. The molecule has 0 aromatic heterocycles. The van der Waals surface area contributed by atoms with Crippen LogP contribution in [0.2, 0.25) is 0 Å². The van der Waals surface area contributed by atoms with Crippen LogP contribution in [0.4, 0.5) is 0 Å². The number of fused-ring (bicyclic) bond motifs is 5. The topological polar surface area (TPSA) is 54.4 Å². The Morgan fingerprint density at radius 2 is 1.92 bits per heavy atom. The first kappa shape index (κ1) is 17.2. The smallest absolute Gasteiger partial charge is 0.178 e. The predicted octanol–water partition coefficient (Wildman–Crippen LogP) is 3.96. The van der Waals surface area contributed by atoms with Crippen LogP contribution < -0.4 is 0 Å². The predicted molar refractivity (Wildman–Crippen MR) is 96.9 cm³/mol. The highest BCUT2D eigenvalue weighted by atomic mass is 35.5. The molecule has 0 bridgehead atoms. The van der Waals surface area contributed by atoms with E-state index in [1.807, 2.05) is 6.08 Å². The molecule has 4 heteroatoms. The van der Waals surface area contributed by atoms with E-state index >= 15 is 0 Å². The first-order valence-corrected chi connectivity index (χ1v) is 9.58. The first-order valence-electron chi connectivity index (χ1n) is 9.20. The van der Waals surface area contributed by atoms with Crippen molar-refractivity contribution in [3.63, 3.8) is 0 Å². The van der Waals surface area contributed by atoms with Gasteiger partial charge in [0.25, 0.3) is 0 Å². The molecule has 0 aliphatic heterocycles. The molecule has 0 aromatic carbocycles. The van der Waals surface area contributed by atoms with Crippen LogP contribution in [0.3, 0.4) is 0 Å². The monoisotopic (exact) mass is 360 g/mol. The van der Waals surface area contributed by atoms with E-state index in [1.165, 1.54) is 6.92 Å². The highest BCUT2D eigenvalue weighted by Crippen LogP contribution is 2.66. The van der Waals surface area contributed by atoms with E-state index in [-0.39, 0.29) is 28.8 Å². The number of aliphatic hydroxyl groups is 1. The SMILES string of the molecule is CC(=O)[C@]1(O)CC[C@@H]2[C@H]3C=C(Cl)C4=CC(=O)C=C[C@]4(C)[C@@H]3CC[C@]21C. The number of allylic oxidation sites excluding steroid dienone is 6. The van der Waals surface area contributed by atoms with E-state index in [2.05, 4.69) is 19.9 Å². The van der Waals surface area contributed by atoms with Gasteiger partial charge in [-0.3, -0.25) is 9.59 Å². The van der Waals surface area contributed by atoms with Gasteiger partial charge in [0.2, 0.25) is 0 Å². The normalized spacial score (nSPS) is 48.2. The lowest BCUT2D eigenvalue weighted by atomic mass is 9.49. The van der Waals surface area contributed by atoms with Crippen molar-refractivity contribution in [1.29, 1.82) is 0 Å². The molecule has 1 N–H and O–H groups in total. The van der Waals surface area contributed by atoms with Crippen LogP contribution in [0.15, 0.2) is 34.9 Å². The van der Waals surface area contributed by atoms with E-state index in [0.29, 0.717) is 17.4 Å². The number of halogens is 1. The molecule has 0 unspecified atom stereocenters. The molecule has 134 valence electrons. The minimum absolute atomic E-state index is 0.00931. The Labute approximate surface area is 153 Å². The van der Waals surface area contributed by atoms with Crippen LogP contribution in [0.5, 0.6) is 0 Å². The summed E-state index contributed by atoms with van der Waals surface area (Å²) < 4.78 is 0. The average molecular weight is 361 g/mol. The van der Waals surface area contributed by atoms with Gasteiger partial charge in [-0.15, -0.1) is 0 Å². The van der Waals surface area contributed by atoms with Crippen LogP contribution in [-0.2, 0) is 9.59 Å². The van der Waals surface area contributed by atoms with E-state index in [4.69, 9.17) is 11.6 Å². The van der Waals surface area contributed by atoms with Crippen molar-refractivity contribution in [2.24, 2.45) is 28.6 Å². The number of carbonyl (C=O) groups is 2. The van der Waals surface area contributed by atoms with Crippen LogP contribution in [0.1, 0.15) is 46.5 Å². The summed E-state index contributed by atoms with van der Waals surface area (Å²) in [5, 5.41) is 11.8. The molecule has 0 radical (unpaired) electrons. The standard InChI is InChI=1S/C21H25ClO3/c1-12(23)21(25)9-6-16-14-11-18(22)17-10-13(24)4-7-19(17,2)15(14)5-8-20(16,21)3/h4,7,10-11,14-16,25H,5-6,8-9H2,1-3H3/t14-,15+,16+,19+,20+,21+/m0/s1. The fraction of sp³-hybridized carbons (Fsp3) is 0.619. The maximum Gasteiger partial charge on any atom is 0.178 e. The van der Waals surface area contributed by atoms with Gasteiger partial charge in [0.05, 0.1) is 0 Å². The summed E-state index contributed by atoms with van der Waals surface area (Å²) >= 11 is 6.61. The van der Waals surface area contributed by atoms with Gasteiger partial charge in [0.15, 0.2) is 11.6 Å². The quantitative estimate of drug-likeness (QED) is 0.770. The van der Waals surface area contributed by atoms with Crippen LogP contribution in [-0.4, -0.2) is 22.3 Å². The van der Waals surface area contributed by atoms with Crippen molar-refractivity contribution >= 4 is 23.2 Å². The van der Waals surface area contributed by atoms with Gasteiger partial charge in [0, 0.05) is 15.9 Å². The van der Waals surface area contributed by atoms with Crippen LogP contribution >= 0.6 is 11.6 Å². The van der Waals surface area contributed by atoms with Crippen molar-refractivity contribution in [3.05, 3.63) is 34.9 Å². The lowest BCUT2D eigenvalue weighted by Gasteiger charge is -2.56. The lowest BCUT2D eigenvalue weighted by Crippen LogP contribution is -2.56. The minimum atomic E-state index is -1.22. The molecule has 2 fully saturated rings. The molecular formula is C21H25ClO3. The summed E-state index contributed by atoms with van der Waals surface area (Å²) in [6.07, 6.45) is 10.6. The third-order valence-corrected chi connectivity index (χ3v) is 8.22. The minimum Gasteiger partial charge on any atom is -0.382 e. The number of hydrogen-bond acceptors (Lipinski definition) is 3. The van der Waals surface area contributed by atoms with Crippen LogP contribution in [0.25, 0.3) is 0 Å². The third-order valence-electron chi connectivity index (χ3n) is 7.89. The van der Waals surface area contributed by atoms with E-state index in [0.717, 1.165) is 24.8 Å². The number of ketones is 2. The largest absolute Gasteiger partial charge is 0.382 e. The molecule has 3 nitrogen and oxygen atoms in total. The molecule has 4 aliphatic carbocycles. The molecule has 0 saturated heterocycles. The molecule has 2 saturated carbocycles. The highest BCUT2D eigenvalue weighted by Gasteiger charge is 2.65. The fourth-order valence-electron chi connectivity index (χ4n) is 6.32. The van der Waals surface area contributed by atoms with Gasteiger partial charge in [0.1, 0.15) is 5.60 Å². The van der Waals surface area contributed by atoms with E-state index < -0.39 is 11.0 Å². The third kappa shape index (κ3) is 2.03. The zero-order chi connectivity index (χ0) is 18.2. The molecule has 0 aromatic rings. The van der Waals surface area contributed by atoms with E-state index in [1.54, 1.807) is 12.2 Å². The Morgan fingerprint density at radius 3 is 2.60 bits per heavy atom. The van der Waals surface area contributed by atoms with Gasteiger partial charge in [-0.1, -0.05) is 37.6 Å². The molecule has 25 heavy (non-hydrogen) atoms. The molecule has 0 amide bonds. The van der Waals surface area contributed by atoms with Crippen molar-refractivity contribution in [2.45, 2.75) is 52.1 Å². The molecule has 4 aliphatic rings. The Hall–Kier alpha value is -1.19. The Bertz CT molecular complexity index is 763. The maximum atomic E-state index is 12.2. The Kier molecular flexibility index (Phi) is 3.56. The molecular weight excluding hydrogens is 336 g/mol. The second-order valence-corrected chi connectivity index (χ2v) is 9.20. The summed E-state index contributed by atoms with van der Waals surface area (Å²) in [6.45, 7) is 5.77. The number of hydrogen-bond donors (Lipinski definition) is 1. The molecule has 0 heterocycles. The average Bonchev–Trinajstić information content (AvgIpc) is 2.83. The van der Waals surface area contributed by atoms with Crippen molar-refractivity contribution in [1.82, 2.24) is 0 Å². The Balaban J connectivity index is 1.81. The van der Waals surface area contributed by atoms with Crippen molar-refractivity contribution in [3.8, 4) is 0 Å². The van der Waals surface area contributed by atoms with Gasteiger partial charge in [-0.05, 0) is 68.1 Å². The number of Topliss-reactive ketones (excluding diaryl/α,β-unsaturated/α-hetero) is 1. The number of rotatable bonds is 1. The fourth-order valence-corrected chi connectivity index (χ4v) is 6.73. The second-order valence-electron chi connectivity index (χ2n) is 8.79. The van der Waals surface area contributed by atoms with Crippen LogP contribution in [0, 0.1) is 28.6 Å². The summed E-state index contributed by atoms with van der Waals surface area (Å²) in [7, 11) is 0. The van der Waals surface area contributed by atoms with Gasteiger partial charge in [-0.2, -0.15) is 0 Å². The van der Waals surface area contributed by atoms with Gasteiger partial charge < -0.3 is 5.11 Å². The Morgan fingerprint density at radius 1 is 1.24 bits per heavy atom. The summed E-state index contributed by atoms with van der Waals surface area (Å²) in [6, 6.07) is 0. The van der Waals surface area contributed by atoms with E-state index in [9.17, 15) is 14.7 Å². The lowest BCUT2D eigenvalue weighted by molar-refractivity contribution is -0.155. The highest BCUT2D eigenvalue weighted by molar-refractivity contribution is 6.32. The van der Waals surface area contributed by atoms with Gasteiger partial charge >= 0.3 is 0 Å². The number of carbonyl (C=O) groups excluding carboxylic acids is 2. The second kappa shape index (κ2) is 5.17. The van der Waals surface area contributed by atoms with Gasteiger partial charge in [-0.25, -0.2) is 0 Å². The zero-order valence-electron chi connectivity index (χ0n) is 15.0. The zero-order valence-corrected chi connectivity index (χ0v) is 15.8. The molecule has 6 atom stereocenters. The first-order chi connectivity index (χ1) is 11.6. The molecule has 4 rings (SSSR count). The molecule has 0 spiro atoms. The summed E-state index contributed by atoms with van der Waals surface area (Å²) in [5.74, 6) is 0.678. The summed E-state index contributed by atoms with van der Waals surface area (Å²) in [5.41, 5.74) is -0.952. The van der Waals surface area contributed by atoms with Crippen molar-refractivity contribution < 1.29 is 14.7 Å².